The van der Waals surface area contributed by atoms with Gasteiger partial charge in [0.1, 0.15) is 5.82 Å². The molecule has 0 saturated carbocycles. The van der Waals surface area contributed by atoms with Gasteiger partial charge in [0.15, 0.2) is 0 Å². The second-order valence-corrected chi connectivity index (χ2v) is 6.57. The maximum atomic E-state index is 13.8. The van der Waals surface area contributed by atoms with Gasteiger partial charge in [0.05, 0.1) is 5.56 Å². The van der Waals surface area contributed by atoms with Crippen LogP contribution in [-0.4, -0.2) is 29.8 Å². The van der Waals surface area contributed by atoms with Gasteiger partial charge in [-0.2, -0.15) is 0 Å². The van der Waals surface area contributed by atoms with Crippen molar-refractivity contribution in [2.24, 2.45) is 0 Å². The summed E-state index contributed by atoms with van der Waals surface area (Å²) >= 11 is 3.15. The Kier molecular flexibility index (Phi) is 4.94. The van der Waals surface area contributed by atoms with Crippen LogP contribution in [0.25, 0.3) is 0 Å². The summed E-state index contributed by atoms with van der Waals surface area (Å²) in [6, 6.07) is 10.9. The second-order valence-electron chi connectivity index (χ2n) is 5.65. The summed E-state index contributed by atoms with van der Waals surface area (Å²) in [5.41, 5.74) is 1.07. The van der Waals surface area contributed by atoms with Crippen LogP contribution in [-0.2, 0) is 0 Å². The Labute approximate surface area is 147 Å². The third kappa shape index (κ3) is 3.64. The number of nitrogens with zero attached hydrogens (tertiary/aromatic N) is 1. The first-order valence-corrected chi connectivity index (χ1v) is 8.49. The van der Waals surface area contributed by atoms with E-state index in [1.54, 1.807) is 30.3 Å². The molecule has 0 aromatic heterocycles. The van der Waals surface area contributed by atoms with E-state index in [2.05, 4.69) is 21.2 Å². The molecule has 0 atom stereocenters. The van der Waals surface area contributed by atoms with Crippen LogP contribution in [0.5, 0.6) is 0 Å². The second kappa shape index (κ2) is 7.13. The van der Waals surface area contributed by atoms with Crippen LogP contribution in [0.2, 0.25) is 0 Å². The quantitative estimate of drug-likeness (QED) is 0.858. The van der Waals surface area contributed by atoms with Crippen LogP contribution < -0.4 is 5.32 Å². The molecular formula is C18H16BrFN2O2. The number of rotatable bonds is 3. The normalized spacial score (nSPS) is 13.8. The smallest absolute Gasteiger partial charge is 0.258 e. The first kappa shape index (κ1) is 16.6. The van der Waals surface area contributed by atoms with Crippen LogP contribution in [0.1, 0.15) is 33.6 Å². The number of amides is 2. The number of benzene rings is 2. The molecular weight excluding hydrogens is 375 g/mol. The van der Waals surface area contributed by atoms with Gasteiger partial charge in [-0.3, -0.25) is 9.59 Å². The van der Waals surface area contributed by atoms with Gasteiger partial charge in [0.25, 0.3) is 11.8 Å². The minimum Gasteiger partial charge on any atom is -0.339 e. The van der Waals surface area contributed by atoms with Gasteiger partial charge in [0.2, 0.25) is 0 Å². The van der Waals surface area contributed by atoms with Crippen LogP contribution in [0.3, 0.4) is 0 Å². The molecule has 0 bridgehead atoms. The van der Waals surface area contributed by atoms with Crippen molar-refractivity contribution in [3.63, 3.8) is 0 Å². The van der Waals surface area contributed by atoms with Crippen molar-refractivity contribution < 1.29 is 14.0 Å². The number of halogens is 2. The Morgan fingerprint density at radius 1 is 1.04 bits per heavy atom. The SMILES string of the molecule is O=C(Nc1ccc(C(=O)N2CCCC2)cc1)c1ccc(Br)cc1F. The van der Waals surface area contributed by atoms with Crippen LogP contribution in [0.4, 0.5) is 10.1 Å². The average molecular weight is 391 g/mol. The highest BCUT2D eigenvalue weighted by Crippen LogP contribution is 2.18. The predicted molar refractivity (Wildman–Crippen MR) is 93.6 cm³/mol. The highest BCUT2D eigenvalue weighted by atomic mass is 79.9. The zero-order valence-electron chi connectivity index (χ0n) is 12.9. The summed E-state index contributed by atoms with van der Waals surface area (Å²) in [7, 11) is 0. The number of anilines is 1. The minimum atomic E-state index is -0.595. The van der Waals surface area contributed by atoms with Gasteiger partial charge in [-0.1, -0.05) is 15.9 Å². The highest BCUT2D eigenvalue weighted by Gasteiger charge is 2.19. The van der Waals surface area contributed by atoms with Gasteiger partial charge >= 0.3 is 0 Å². The molecule has 24 heavy (non-hydrogen) atoms. The standard InChI is InChI=1S/C18H16BrFN2O2/c19-13-5-8-15(16(20)11-13)17(23)21-14-6-3-12(4-7-14)18(24)22-9-1-2-10-22/h3-8,11H,1-2,9-10H2,(H,21,23). The van der Waals surface area contributed by atoms with E-state index in [9.17, 15) is 14.0 Å². The monoisotopic (exact) mass is 390 g/mol. The topological polar surface area (TPSA) is 49.4 Å². The highest BCUT2D eigenvalue weighted by molar-refractivity contribution is 9.10. The van der Waals surface area contributed by atoms with Gasteiger partial charge in [-0.15, -0.1) is 0 Å². The van der Waals surface area contributed by atoms with Crippen molar-refractivity contribution >= 4 is 33.4 Å². The Balaban J connectivity index is 1.69. The summed E-state index contributed by atoms with van der Waals surface area (Å²) < 4.78 is 14.4. The number of hydrogen-bond acceptors (Lipinski definition) is 2. The van der Waals surface area contributed by atoms with Crippen molar-refractivity contribution in [2.45, 2.75) is 12.8 Å². The third-order valence-electron chi connectivity index (χ3n) is 3.96. The molecule has 1 N–H and O–H groups in total. The molecule has 0 radical (unpaired) electrons. The number of nitrogens with one attached hydrogen (secondary N) is 1. The van der Waals surface area contributed by atoms with E-state index >= 15 is 0 Å². The van der Waals surface area contributed by atoms with Crippen molar-refractivity contribution in [2.75, 3.05) is 18.4 Å². The lowest BCUT2D eigenvalue weighted by atomic mass is 10.1. The zero-order valence-corrected chi connectivity index (χ0v) is 14.5. The van der Waals surface area contributed by atoms with Crippen molar-refractivity contribution in [3.8, 4) is 0 Å². The average Bonchev–Trinajstić information content (AvgIpc) is 3.09. The zero-order chi connectivity index (χ0) is 17.1. The molecule has 1 saturated heterocycles. The summed E-state index contributed by atoms with van der Waals surface area (Å²) in [4.78, 5) is 26.2. The van der Waals surface area contributed by atoms with Crippen molar-refractivity contribution in [1.82, 2.24) is 4.90 Å². The first-order valence-electron chi connectivity index (χ1n) is 7.70. The van der Waals surface area contributed by atoms with Crippen LogP contribution in [0.15, 0.2) is 46.9 Å². The Bertz CT molecular complexity index is 771. The van der Waals surface area contributed by atoms with Crippen LogP contribution >= 0.6 is 15.9 Å². The maximum Gasteiger partial charge on any atom is 0.258 e. The van der Waals surface area contributed by atoms with E-state index in [1.165, 1.54) is 12.1 Å². The van der Waals surface area contributed by atoms with E-state index in [1.807, 2.05) is 4.90 Å². The molecule has 2 aromatic rings. The fourth-order valence-electron chi connectivity index (χ4n) is 2.67. The molecule has 1 aliphatic heterocycles. The molecule has 0 aliphatic carbocycles. The summed E-state index contributed by atoms with van der Waals surface area (Å²) in [5.74, 6) is -1.12. The van der Waals surface area contributed by atoms with Gasteiger partial charge in [-0.05, 0) is 55.3 Å². The Morgan fingerprint density at radius 2 is 1.71 bits per heavy atom. The summed E-state index contributed by atoms with van der Waals surface area (Å²) in [5, 5.41) is 2.64. The van der Waals surface area contributed by atoms with E-state index < -0.39 is 11.7 Å². The van der Waals surface area contributed by atoms with E-state index in [0.29, 0.717) is 15.7 Å². The first-order chi connectivity index (χ1) is 11.5. The number of likely N-dealkylation sites (tertiary alicyclic amines) is 1. The number of carbonyl (C=O) groups is 2. The molecule has 1 aliphatic rings. The lowest BCUT2D eigenvalue weighted by Crippen LogP contribution is -2.27. The largest absolute Gasteiger partial charge is 0.339 e. The van der Waals surface area contributed by atoms with Gasteiger partial charge < -0.3 is 10.2 Å². The van der Waals surface area contributed by atoms with E-state index in [4.69, 9.17) is 0 Å². The summed E-state index contributed by atoms with van der Waals surface area (Å²) in [6.45, 7) is 1.58. The number of carbonyl (C=O) groups excluding carboxylic acids is 2. The number of hydrogen-bond donors (Lipinski definition) is 1. The molecule has 6 heteroatoms. The molecule has 2 aromatic carbocycles. The van der Waals surface area contributed by atoms with Crippen molar-refractivity contribution in [1.29, 1.82) is 0 Å². The summed E-state index contributed by atoms with van der Waals surface area (Å²) in [6.07, 6.45) is 2.08. The van der Waals surface area contributed by atoms with Gasteiger partial charge in [0, 0.05) is 28.8 Å². The van der Waals surface area contributed by atoms with E-state index in [0.717, 1.165) is 25.9 Å². The Morgan fingerprint density at radius 3 is 2.33 bits per heavy atom. The molecule has 0 unspecified atom stereocenters. The molecule has 1 heterocycles. The van der Waals surface area contributed by atoms with Crippen LogP contribution in [0, 0.1) is 5.82 Å². The predicted octanol–water partition coefficient (Wildman–Crippen LogP) is 4.08. The fraction of sp³-hybridized carbons (Fsp3) is 0.222. The van der Waals surface area contributed by atoms with E-state index in [-0.39, 0.29) is 11.5 Å². The molecule has 0 spiro atoms. The fourth-order valence-corrected chi connectivity index (χ4v) is 3.00. The van der Waals surface area contributed by atoms with Crippen molar-refractivity contribution in [3.05, 3.63) is 63.9 Å². The molecule has 3 rings (SSSR count). The molecule has 124 valence electrons. The lowest BCUT2D eigenvalue weighted by molar-refractivity contribution is 0.0792. The molecule has 2 amide bonds. The lowest BCUT2D eigenvalue weighted by Gasteiger charge is -2.15. The Hall–Kier alpha value is -2.21. The van der Waals surface area contributed by atoms with Gasteiger partial charge in [-0.25, -0.2) is 4.39 Å². The molecule has 1 fully saturated rings. The minimum absolute atomic E-state index is 0.00401. The third-order valence-corrected chi connectivity index (χ3v) is 4.45. The maximum absolute atomic E-state index is 13.8. The molecule has 4 nitrogen and oxygen atoms in total.